The number of piperazine rings is 1. The Morgan fingerprint density at radius 2 is 1.89 bits per heavy atom. The van der Waals surface area contributed by atoms with E-state index in [4.69, 9.17) is 16.3 Å². The number of ether oxygens (including phenoxy) is 1. The molecule has 3 heterocycles. The zero-order valence-electron chi connectivity index (χ0n) is 14.1. The van der Waals surface area contributed by atoms with E-state index < -0.39 is 10.9 Å². The molecule has 0 atom stereocenters. The van der Waals surface area contributed by atoms with Gasteiger partial charge in [0.25, 0.3) is 5.91 Å². The Morgan fingerprint density at radius 3 is 2.48 bits per heavy atom. The molecule has 0 aromatic carbocycles. The largest absolute Gasteiger partial charge is 0.451 e. The van der Waals surface area contributed by atoms with Gasteiger partial charge in [-0.05, 0) is 18.2 Å². The van der Waals surface area contributed by atoms with E-state index in [1.807, 2.05) is 12.1 Å². The van der Waals surface area contributed by atoms with Crippen LogP contribution in [0.15, 0.2) is 24.3 Å². The minimum Gasteiger partial charge on any atom is -0.451 e. The summed E-state index contributed by atoms with van der Waals surface area (Å²) >= 11 is 8.21. The summed E-state index contributed by atoms with van der Waals surface area (Å²) in [5, 5.41) is 10.5. The van der Waals surface area contributed by atoms with Crippen LogP contribution >= 0.6 is 34.3 Å². The second-order valence-corrected chi connectivity index (χ2v) is 8.70. The summed E-state index contributed by atoms with van der Waals surface area (Å²) in [4.78, 5) is 39.4. The van der Waals surface area contributed by atoms with E-state index in [0.29, 0.717) is 13.1 Å². The van der Waals surface area contributed by atoms with Crippen molar-refractivity contribution in [2.75, 3.05) is 32.8 Å². The minimum absolute atomic E-state index is 0.105. The first kappa shape index (κ1) is 19.7. The molecule has 144 valence electrons. The first-order valence-electron chi connectivity index (χ1n) is 8.08. The van der Waals surface area contributed by atoms with Crippen molar-refractivity contribution in [3.05, 3.63) is 48.5 Å². The van der Waals surface area contributed by atoms with Gasteiger partial charge in [0.05, 0.1) is 9.26 Å². The smallest absolute Gasteiger partial charge is 0.349 e. The summed E-state index contributed by atoms with van der Waals surface area (Å²) in [6.45, 7) is 3.00. The van der Waals surface area contributed by atoms with Crippen LogP contribution < -0.4 is 0 Å². The summed E-state index contributed by atoms with van der Waals surface area (Å²) in [5.74, 6) is -0.997. The highest BCUT2D eigenvalue weighted by molar-refractivity contribution is 7.17. The van der Waals surface area contributed by atoms with Gasteiger partial charge >= 0.3 is 11.0 Å². The third kappa shape index (κ3) is 5.25. The van der Waals surface area contributed by atoms with Gasteiger partial charge in [-0.25, -0.2) is 4.79 Å². The fourth-order valence-electron chi connectivity index (χ4n) is 2.64. The van der Waals surface area contributed by atoms with Crippen LogP contribution in [0.4, 0.5) is 5.00 Å². The second kappa shape index (κ2) is 8.79. The summed E-state index contributed by atoms with van der Waals surface area (Å²) in [6, 6.07) is 6.44. The minimum atomic E-state index is -0.727. The molecule has 0 unspecified atom stereocenters. The van der Waals surface area contributed by atoms with Gasteiger partial charge in [0, 0.05) is 43.7 Å². The molecule has 0 aliphatic carbocycles. The van der Waals surface area contributed by atoms with Gasteiger partial charge in [0.15, 0.2) is 6.61 Å². The van der Waals surface area contributed by atoms with E-state index in [1.54, 1.807) is 16.2 Å². The van der Waals surface area contributed by atoms with E-state index in [0.717, 1.165) is 35.3 Å². The Kier molecular flexibility index (Phi) is 6.42. The predicted molar refractivity (Wildman–Crippen MR) is 102 cm³/mol. The summed E-state index contributed by atoms with van der Waals surface area (Å²) < 4.78 is 5.75. The average molecular weight is 430 g/mol. The maximum atomic E-state index is 12.2. The van der Waals surface area contributed by atoms with Gasteiger partial charge in [0.2, 0.25) is 0 Å². The number of rotatable bonds is 6. The molecule has 0 radical (unpaired) electrons. The van der Waals surface area contributed by atoms with Crippen LogP contribution in [0.3, 0.4) is 0 Å². The van der Waals surface area contributed by atoms with Crippen LogP contribution in [0.1, 0.15) is 14.5 Å². The van der Waals surface area contributed by atoms with E-state index in [-0.39, 0.29) is 22.4 Å². The monoisotopic (exact) mass is 429 g/mol. The van der Waals surface area contributed by atoms with Gasteiger partial charge in [-0.1, -0.05) is 22.9 Å². The molecule has 2 aromatic rings. The van der Waals surface area contributed by atoms with Crippen LogP contribution in [-0.2, 0) is 16.1 Å². The number of carbonyl (C=O) groups excluding carboxylic acids is 2. The Labute approximate surface area is 168 Å². The Morgan fingerprint density at radius 1 is 1.15 bits per heavy atom. The third-order valence-corrected chi connectivity index (χ3v) is 6.27. The number of carbonyl (C=O) groups is 2. The molecule has 1 amide bonds. The van der Waals surface area contributed by atoms with Crippen molar-refractivity contribution in [3.63, 3.8) is 0 Å². The molecule has 1 fully saturated rings. The highest BCUT2D eigenvalue weighted by Gasteiger charge is 2.23. The van der Waals surface area contributed by atoms with E-state index in [2.05, 4.69) is 4.90 Å². The Bertz CT molecular complexity index is 845. The number of esters is 1. The maximum absolute atomic E-state index is 12.2. The zero-order chi connectivity index (χ0) is 19.4. The molecule has 0 saturated carbocycles. The fourth-order valence-corrected chi connectivity index (χ4v) is 4.48. The molecule has 1 aliphatic rings. The van der Waals surface area contributed by atoms with Crippen molar-refractivity contribution in [3.8, 4) is 0 Å². The number of hydrogen-bond acceptors (Lipinski definition) is 8. The number of amides is 1. The molecular formula is C16H16ClN3O5S2. The van der Waals surface area contributed by atoms with Gasteiger partial charge in [-0.15, -0.1) is 11.3 Å². The molecule has 2 aromatic heterocycles. The molecule has 1 aliphatic heterocycles. The fraction of sp³-hybridized carbons (Fsp3) is 0.375. The zero-order valence-corrected chi connectivity index (χ0v) is 16.5. The van der Waals surface area contributed by atoms with Crippen LogP contribution in [0.25, 0.3) is 0 Å². The standard InChI is InChI=1S/C16H16ClN3O5S2/c17-13-3-1-11(26-13)9-18-5-7-19(8-6-18)14(21)10-25-16(22)12-2-4-15(27-12)20(23)24/h1-4H,5-10H2. The normalized spacial score (nSPS) is 14.9. The van der Waals surface area contributed by atoms with Gasteiger partial charge < -0.3 is 9.64 Å². The Hall–Kier alpha value is -2.01. The molecule has 3 rings (SSSR count). The first-order valence-corrected chi connectivity index (χ1v) is 10.1. The molecule has 0 N–H and O–H groups in total. The van der Waals surface area contributed by atoms with E-state index in [1.165, 1.54) is 17.0 Å². The highest BCUT2D eigenvalue weighted by Crippen LogP contribution is 2.25. The summed E-state index contributed by atoms with van der Waals surface area (Å²) in [7, 11) is 0. The second-order valence-electron chi connectivity index (χ2n) is 5.83. The number of halogens is 1. The van der Waals surface area contributed by atoms with Crippen molar-refractivity contribution in [2.45, 2.75) is 6.54 Å². The number of hydrogen-bond donors (Lipinski definition) is 0. The lowest BCUT2D eigenvalue weighted by Crippen LogP contribution is -2.49. The molecule has 0 bridgehead atoms. The predicted octanol–water partition coefficient (Wildman–Crippen LogP) is 2.87. The lowest BCUT2D eigenvalue weighted by atomic mass is 10.3. The van der Waals surface area contributed by atoms with Crippen LogP contribution in [-0.4, -0.2) is 59.4 Å². The van der Waals surface area contributed by atoms with Crippen molar-refractivity contribution in [2.24, 2.45) is 0 Å². The van der Waals surface area contributed by atoms with Crippen molar-refractivity contribution in [1.82, 2.24) is 9.80 Å². The average Bonchev–Trinajstić information content (AvgIpc) is 3.29. The van der Waals surface area contributed by atoms with Crippen LogP contribution in [0.2, 0.25) is 4.34 Å². The molecular weight excluding hydrogens is 414 g/mol. The third-order valence-electron chi connectivity index (χ3n) is 4.03. The van der Waals surface area contributed by atoms with Crippen molar-refractivity contribution < 1.29 is 19.2 Å². The van der Waals surface area contributed by atoms with E-state index >= 15 is 0 Å². The summed E-state index contributed by atoms with van der Waals surface area (Å²) in [5.41, 5.74) is 0. The van der Waals surface area contributed by atoms with Crippen molar-refractivity contribution in [1.29, 1.82) is 0 Å². The van der Waals surface area contributed by atoms with Crippen molar-refractivity contribution >= 4 is 51.2 Å². The number of nitrogens with zero attached hydrogens (tertiary/aromatic N) is 3. The molecule has 27 heavy (non-hydrogen) atoms. The maximum Gasteiger partial charge on any atom is 0.349 e. The first-order chi connectivity index (χ1) is 12.9. The Balaban J connectivity index is 1.42. The molecule has 1 saturated heterocycles. The molecule has 8 nitrogen and oxygen atoms in total. The quantitative estimate of drug-likeness (QED) is 0.398. The van der Waals surface area contributed by atoms with Gasteiger partial charge in [-0.2, -0.15) is 0 Å². The molecule has 0 spiro atoms. The SMILES string of the molecule is O=C(OCC(=O)N1CCN(Cc2ccc(Cl)s2)CC1)c1ccc([N+](=O)[O-])s1. The summed E-state index contributed by atoms with van der Waals surface area (Å²) in [6.07, 6.45) is 0. The van der Waals surface area contributed by atoms with Crippen LogP contribution in [0.5, 0.6) is 0 Å². The number of nitro groups is 1. The topological polar surface area (TPSA) is 93.0 Å². The lowest BCUT2D eigenvalue weighted by molar-refractivity contribution is -0.380. The molecule has 11 heteroatoms. The van der Waals surface area contributed by atoms with Gasteiger partial charge in [0.1, 0.15) is 4.88 Å². The van der Waals surface area contributed by atoms with Crippen LogP contribution in [0, 0.1) is 10.1 Å². The lowest BCUT2D eigenvalue weighted by Gasteiger charge is -2.34. The number of thiophene rings is 2. The van der Waals surface area contributed by atoms with Gasteiger partial charge in [-0.3, -0.25) is 19.8 Å². The highest BCUT2D eigenvalue weighted by atomic mass is 35.5. The van der Waals surface area contributed by atoms with E-state index in [9.17, 15) is 19.7 Å².